The maximum absolute atomic E-state index is 12.5. The van der Waals surface area contributed by atoms with Crippen LogP contribution in [0.25, 0.3) is 10.9 Å². The molecule has 0 aliphatic rings. The Morgan fingerprint density at radius 2 is 1.96 bits per heavy atom. The summed E-state index contributed by atoms with van der Waals surface area (Å²) < 4.78 is 1.50. The van der Waals surface area contributed by atoms with E-state index in [1.54, 1.807) is 24.2 Å². The summed E-state index contributed by atoms with van der Waals surface area (Å²) >= 11 is 0. The molecule has 1 heterocycles. The Labute approximate surface area is 144 Å². The number of nitro benzene ring substituents is 1. The van der Waals surface area contributed by atoms with Gasteiger partial charge in [0.15, 0.2) is 0 Å². The van der Waals surface area contributed by atoms with Gasteiger partial charge in [0.25, 0.3) is 5.69 Å². The van der Waals surface area contributed by atoms with Crippen molar-refractivity contribution in [1.29, 1.82) is 0 Å². The van der Waals surface area contributed by atoms with E-state index in [-0.39, 0.29) is 18.1 Å². The Hall–Kier alpha value is -3.22. The van der Waals surface area contributed by atoms with E-state index in [0.29, 0.717) is 12.1 Å². The minimum absolute atomic E-state index is 0.0188. The molecule has 2 aromatic carbocycles. The summed E-state index contributed by atoms with van der Waals surface area (Å²) in [7, 11) is 1.73. The van der Waals surface area contributed by atoms with Crippen molar-refractivity contribution in [2.45, 2.75) is 20.0 Å². The lowest BCUT2D eigenvalue weighted by Crippen LogP contribution is -2.30. The highest BCUT2D eigenvalue weighted by molar-refractivity contribution is 5.83. The van der Waals surface area contributed by atoms with E-state index in [2.05, 4.69) is 5.10 Å². The van der Waals surface area contributed by atoms with Crippen molar-refractivity contribution in [2.24, 2.45) is 0 Å². The van der Waals surface area contributed by atoms with Crippen LogP contribution in [0.3, 0.4) is 0 Å². The van der Waals surface area contributed by atoms with Crippen molar-refractivity contribution in [3.05, 3.63) is 69.9 Å². The van der Waals surface area contributed by atoms with Gasteiger partial charge in [-0.1, -0.05) is 29.8 Å². The number of rotatable bonds is 5. The first kappa shape index (κ1) is 16.6. The normalized spacial score (nSPS) is 10.8. The smallest absolute Gasteiger partial charge is 0.271 e. The van der Waals surface area contributed by atoms with E-state index >= 15 is 0 Å². The molecule has 0 fully saturated rings. The van der Waals surface area contributed by atoms with Gasteiger partial charge in [0.2, 0.25) is 5.91 Å². The third kappa shape index (κ3) is 3.65. The predicted molar refractivity (Wildman–Crippen MR) is 94.0 cm³/mol. The standard InChI is InChI=1S/C18H18N4O3/c1-13-3-5-14(6-4-13)11-20(2)18(23)12-21-17-9-16(22(24)25)8-7-15(17)10-19-21/h3-10H,11-12H2,1-2H3. The monoisotopic (exact) mass is 338 g/mol. The van der Waals surface area contributed by atoms with E-state index in [0.717, 1.165) is 10.9 Å². The van der Waals surface area contributed by atoms with Crippen molar-refractivity contribution < 1.29 is 9.72 Å². The Bertz CT molecular complexity index is 931. The van der Waals surface area contributed by atoms with Crippen LogP contribution >= 0.6 is 0 Å². The molecular formula is C18H18N4O3. The average molecular weight is 338 g/mol. The molecule has 128 valence electrons. The number of nitrogens with zero attached hydrogens (tertiary/aromatic N) is 4. The lowest BCUT2D eigenvalue weighted by molar-refractivity contribution is -0.384. The van der Waals surface area contributed by atoms with Gasteiger partial charge in [0, 0.05) is 31.1 Å². The number of nitro groups is 1. The van der Waals surface area contributed by atoms with Crippen LogP contribution in [0.15, 0.2) is 48.7 Å². The van der Waals surface area contributed by atoms with Crippen molar-refractivity contribution in [3.63, 3.8) is 0 Å². The van der Waals surface area contributed by atoms with Gasteiger partial charge in [0.1, 0.15) is 6.54 Å². The Morgan fingerprint density at radius 3 is 2.64 bits per heavy atom. The SMILES string of the molecule is Cc1ccc(CN(C)C(=O)Cn2ncc3ccc([N+](=O)[O-])cc32)cc1. The van der Waals surface area contributed by atoms with Gasteiger partial charge in [-0.2, -0.15) is 5.10 Å². The van der Waals surface area contributed by atoms with E-state index in [1.807, 2.05) is 31.2 Å². The zero-order valence-electron chi connectivity index (χ0n) is 14.0. The molecule has 0 saturated heterocycles. The molecule has 0 N–H and O–H groups in total. The van der Waals surface area contributed by atoms with Crippen LogP contribution in [0.4, 0.5) is 5.69 Å². The molecule has 0 aliphatic carbocycles. The Balaban J connectivity index is 1.75. The highest BCUT2D eigenvalue weighted by atomic mass is 16.6. The second-order valence-electron chi connectivity index (χ2n) is 6.04. The number of carbonyl (C=O) groups is 1. The molecule has 0 aliphatic heterocycles. The topological polar surface area (TPSA) is 81.3 Å². The number of likely N-dealkylation sites (N-methyl/N-ethyl adjacent to an activating group) is 1. The largest absolute Gasteiger partial charge is 0.340 e. The summed E-state index contributed by atoms with van der Waals surface area (Å²) in [5.41, 5.74) is 2.77. The van der Waals surface area contributed by atoms with Crippen LogP contribution in [-0.4, -0.2) is 32.6 Å². The Morgan fingerprint density at radius 1 is 1.24 bits per heavy atom. The summed E-state index contributed by atoms with van der Waals surface area (Å²) in [5, 5.41) is 15.9. The summed E-state index contributed by atoms with van der Waals surface area (Å²) in [5.74, 6) is -0.114. The van der Waals surface area contributed by atoms with Gasteiger partial charge in [-0.25, -0.2) is 0 Å². The minimum Gasteiger partial charge on any atom is -0.340 e. The first-order valence-electron chi connectivity index (χ1n) is 7.83. The third-order valence-corrected chi connectivity index (χ3v) is 4.09. The van der Waals surface area contributed by atoms with E-state index < -0.39 is 4.92 Å². The number of hydrogen-bond donors (Lipinski definition) is 0. The second-order valence-corrected chi connectivity index (χ2v) is 6.04. The van der Waals surface area contributed by atoms with Crippen LogP contribution in [0.2, 0.25) is 0 Å². The van der Waals surface area contributed by atoms with Gasteiger partial charge in [-0.15, -0.1) is 0 Å². The molecule has 0 saturated carbocycles. The van der Waals surface area contributed by atoms with Crippen LogP contribution in [0.5, 0.6) is 0 Å². The van der Waals surface area contributed by atoms with Gasteiger partial charge in [0.05, 0.1) is 16.6 Å². The molecule has 1 amide bonds. The number of hydrogen-bond acceptors (Lipinski definition) is 4. The number of aromatic nitrogens is 2. The number of aryl methyl sites for hydroxylation is 1. The number of fused-ring (bicyclic) bond motifs is 1. The van der Waals surface area contributed by atoms with Crippen molar-refractivity contribution >= 4 is 22.5 Å². The molecule has 3 rings (SSSR count). The molecule has 0 unspecified atom stereocenters. The molecule has 25 heavy (non-hydrogen) atoms. The summed E-state index contributed by atoms with van der Waals surface area (Å²) in [4.78, 5) is 24.6. The van der Waals surface area contributed by atoms with E-state index in [9.17, 15) is 14.9 Å². The fraction of sp³-hybridized carbons (Fsp3) is 0.222. The lowest BCUT2D eigenvalue weighted by atomic mass is 10.1. The van der Waals surface area contributed by atoms with Crippen molar-refractivity contribution in [1.82, 2.24) is 14.7 Å². The maximum Gasteiger partial charge on any atom is 0.271 e. The quantitative estimate of drug-likeness (QED) is 0.529. The van der Waals surface area contributed by atoms with Gasteiger partial charge in [-0.3, -0.25) is 19.6 Å². The van der Waals surface area contributed by atoms with Crippen molar-refractivity contribution in [2.75, 3.05) is 7.05 Å². The highest BCUT2D eigenvalue weighted by Crippen LogP contribution is 2.20. The molecule has 7 nitrogen and oxygen atoms in total. The zero-order chi connectivity index (χ0) is 18.0. The lowest BCUT2D eigenvalue weighted by Gasteiger charge is -2.17. The fourth-order valence-corrected chi connectivity index (χ4v) is 2.60. The molecule has 7 heteroatoms. The van der Waals surface area contributed by atoms with Crippen LogP contribution < -0.4 is 0 Å². The van der Waals surface area contributed by atoms with E-state index in [4.69, 9.17) is 0 Å². The average Bonchev–Trinajstić information content (AvgIpc) is 2.99. The molecule has 1 aromatic heterocycles. The molecule has 3 aromatic rings. The molecule has 0 radical (unpaired) electrons. The fourth-order valence-electron chi connectivity index (χ4n) is 2.60. The minimum atomic E-state index is -0.456. The van der Waals surface area contributed by atoms with Gasteiger partial charge >= 0.3 is 0 Å². The number of non-ortho nitro benzene ring substituents is 1. The summed E-state index contributed by atoms with van der Waals surface area (Å²) in [6.07, 6.45) is 1.60. The van der Waals surface area contributed by atoms with Crippen LogP contribution in [0, 0.1) is 17.0 Å². The van der Waals surface area contributed by atoms with E-state index in [1.165, 1.54) is 22.4 Å². The molecule has 0 spiro atoms. The van der Waals surface area contributed by atoms with Gasteiger partial charge < -0.3 is 4.90 Å². The Kier molecular flexibility index (Phi) is 4.47. The molecule has 0 atom stereocenters. The predicted octanol–water partition coefficient (Wildman–Crippen LogP) is 2.91. The maximum atomic E-state index is 12.5. The highest BCUT2D eigenvalue weighted by Gasteiger charge is 2.15. The first-order chi connectivity index (χ1) is 11.9. The first-order valence-corrected chi connectivity index (χ1v) is 7.83. The second kappa shape index (κ2) is 6.72. The summed E-state index contributed by atoms with van der Waals surface area (Å²) in [6.45, 7) is 2.55. The number of carbonyl (C=O) groups excluding carboxylic acids is 1. The van der Waals surface area contributed by atoms with Crippen molar-refractivity contribution in [3.8, 4) is 0 Å². The number of benzene rings is 2. The van der Waals surface area contributed by atoms with Crippen LogP contribution in [0.1, 0.15) is 11.1 Å². The summed E-state index contributed by atoms with van der Waals surface area (Å²) in [6, 6.07) is 12.5. The van der Waals surface area contributed by atoms with Gasteiger partial charge in [-0.05, 0) is 18.6 Å². The zero-order valence-corrected chi connectivity index (χ0v) is 14.0. The number of amides is 1. The molecular weight excluding hydrogens is 320 g/mol. The third-order valence-electron chi connectivity index (χ3n) is 4.09. The van der Waals surface area contributed by atoms with Crippen LogP contribution in [-0.2, 0) is 17.9 Å². The molecule has 0 bridgehead atoms.